The van der Waals surface area contributed by atoms with Crippen molar-refractivity contribution in [2.75, 3.05) is 25.0 Å². The van der Waals surface area contributed by atoms with Gasteiger partial charge in [0, 0.05) is 24.2 Å². The molecular formula is C19H17Cl2FN2O3. The zero-order valence-corrected chi connectivity index (χ0v) is 15.8. The summed E-state index contributed by atoms with van der Waals surface area (Å²) < 4.78 is 18.5. The molecule has 1 aliphatic heterocycles. The summed E-state index contributed by atoms with van der Waals surface area (Å²) in [5.74, 6) is -0.938. The van der Waals surface area contributed by atoms with Crippen LogP contribution < -0.4 is 10.1 Å². The highest BCUT2D eigenvalue weighted by Crippen LogP contribution is 2.25. The highest BCUT2D eigenvalue weighted by molar-refractivity contribution is 6.31. The number of likely N-dealkylation sites (tertiary alicyclic amines) is 1. The van der Waals surface area contributed by atoms with Gasteiger partial charge in [-0.15, -0.1) is 0 Å². The van der Waals surface area contributed by atoms with Crippen molar-refractivity contribution in [1.29, 1.82) is 0 Å². The van der Waals surface area contributed by atoms with Gasteiger partial charge in [0.2, 0.25) is 0 Å². The molecule has 0 aromatic heterocycles. The van der Waals surface area contributed by atoms with Gasteiger partial charge < -0.3 is 15.0 Å². The highest BCUT2D eigenvalue weighted by Gasteiger charge is 2.22. The van der Waals surface area contributed by atoms with Crippen LogP contribution in [0.25, 0.3) is 0 Å². The van der Waals surface area contributed by atoms with Gasteiger partial charge in [0.15, 0.2) is 6.61 Å². The molecule has 0 saturated carbocycles. The van der Waals surface area contributed by atoms with Crippen molar-refractivity contribution >= 4 is 40.7 Å². The Balaban J connectivity index is 1.68. The molecule has 3 rings (SSSR count). The van der Waals surface area contributed by atoms with E-state index in [0.29, 0.717) is 29.4 Å². The van der Waals surface area contributed by atoms with Crippen LogP contribution in [0.2, 0.25) is 10.0 Å². The molecule has 1 heterocycles. The van der Waals surface area contributed by atoms with E-state index in [9.17, 15) is 14.0 Å². The first-order chi connectivity index (χ1) is 12.9. The molecular weight excluding hydrogens is 394 g/mol. The minimum Gasteiger partial charge on any atom is -0.484 e. The fourth-order valence-corrected chi connectivity index (χ4v) is 3.14. The fraction of sp³-hybridized carbons (Fsp3) is 0.263. The Hall–Kier alpha value is -2.31. The molecule has 27 heavy (non-hydrogen) atoms. The predicted molar refractivity (Wildman–Crippen MR) is 102 cm³/mol. The van der Waals surface area contributed by atoms with Gasteiger partial charge in [-0.25, -0.2) is 4.39 Å². The fourth-order valence-electron chi connectivity index (χ4n) is 2.80. The van der Waals surface area contributed by atoms with Crippen LogP contribution in [0, 0.1) is 5.82 Å². The van der Waals surface area contributed by atoms with Crippen LogP contribution in [0.5, 0.6) is 5.75 Å². The number of amides is 2. The second-order valence-corrected chi connectivity index (χ2v) is 6.95. The third-order valence-corrected chi connectivity index (χ3v) is 4.67. The van der Waals surface area contributed by atoms with Gasteiger partial charge in [-0.1, -0.05) is 23.2 Å². The molecule has 0 spiro atoms. The Morgan fingerprint density at radius 2 is 1.85 bits per heavy atom. The number of nitrogens with one attached hydrogen (secondary N) is 1. The molecule has 1 saturated heterocycles. The zero-order chi connectivity index (χ0) is 19.4. The number of carbonyl (C=O) groups is 2. The van der Waals surface area contributed by atoms with Crippen molar-refractivity contribution < 1.29 is 18.7 Å². The van der Waals surface area contributed by atoms with Crippen LogP contribution in [0.15, 0.2) is 36.4 Å². The van der Waals surface area contributed by atoms with Gasteiger partial charge in [-0.05, 0) is 43.2 Å². The van der Waals surface area contributed by atoms with Crippen LogP contribution in [0.3, 0.4) is 0 Å². The molecule has 0 atom stereocenters. The van der Waals surface area contributed by atoms with Crippen LogP contribution in [0.4, 0.5) is 10.1 Å². The van der Waals surface area contributed by atoms with Gasteiger partial charge >= 0.3 is 0 Å². The lowest BCUT2D eigenvalue weighted by Gasteiger charge is -2.18. The predicted octanol–water partition coefficient (Wildman–Crippen LogP) is 4.39. The molecule has 0 bridgehead atoms. The third kappa shape index (κ3) is 4.90. The van der Waals surface area contributed by atoms with Crippen LogP contribution in [-0.2, 0) is 4.79 Å². The highest BCUT2D eigenvalue weighted by atomic mass is 35.5. The summed E-state index contributed by atoms with van der Waals surface area (Å²) in [5, 5.41) is 2.95. The maximum absolute atomic E-state index is 13.2. The number of rotatable bonds is 5. The van der Waals surface area contributed by atoms with Gasteiger partial charge in [-0.3, -0.25) is 9.59 Å². The quantitative estimate of drug-likeness (QED) is 0.794. The Bertz CT molecular complexity index is 870. The minimum absolute atomic E-state index is 0.0961. The number of hydrogen-bond acceptors (Lipinski definition) is 3. The molecule has 2 aromatic carbocycles. The van der Waals surface area contributed by atoms with Crippen molar-refractivity contribution in [3.05, 3.63) is 57.8 Å². The smallest absolute Gasteiger partial charge is 0.262 e. The molecule has 142 valence electrons. The average Bonchev–Trinajstić information content (AvgIpc) is 3.17. The summed E-state index contributed by atoms with van der Waals surface area (Å²) >= 11 is 11.7. The largest absolute Gasteiger partial charge is 0.484 e. The maximum Gasteiger partial charge on any atom is 0.262 e. The summed E-state index contributed by atoms with van der Waals surface area (Å²) in [6.07, 6.45) is 1.93. The summed E-state index contributed by atoms with van der Waals surface area (Å²) in [6, 6.07) is 8.54. The molecule has 1 fully saturated rings. The Kier molecular flexibility index (Phi) is 6.19. The first-order valence-electron chi connectivity index (χ1n) is 8.40. The van der Waals surface area contributed by atoms with E-state index in [1.807, 2.05) is 0 Å². The molecule has 1 aliphatic rings. The Morgan fingerprint density at radius 1 is 1.11 bits per heavy atom. The molecule has 0 radical (unpaired) electrons. The van der Waals surface area contributed by atoms with Crippen molar-refractivity contribution in [3.63, 3.8) is 0 Å². The summed E-state index contributed by atoms with van der Waals surface area (Å²) in [7, 11) is 0. The third-order valence-electron chi connectivity index (χ3n) is 4.14. The van der Waals surface area contributed by atoms with Gasteiger partial charge in [-0.2, -0.15) is 0 Å². The van der Waals surface area contributed by atoms with Gasteiger partial charge in [0.25, 0.3) is 11.8 Å². The maximum atomic E-state index is 13.2. The van der Waals surface area contributed by atoms with E-state index in [1.54, 1.807) is 17.0 Å². The number of halogens is 3. The minimum atomic E-state index is -0.572. The topological polar surface area (TPSA) is 58.6 Å². The number of anilines is 1. The zero-order valence-electron chi connectivity index (χ0n) is 14.3. The lowest BCUT2D eigenvalue weighted by Crippen LogP contribution is -2.29. The van der Waals surface area contributed by atoms with Gasteiger partial charge in [0.05, 0.1) is 16.3 Å². The Morgan fingerprint density at radius 3 is 2.56 bits per heavy atom. The normalized spacial score (nSPS) is 13.5. The van der Waals surface area contributed by atoms with E-state index < -0.39 is 11.7 Å². The van der Waals surface area contributed by atoms with Crippen molar-refractivity contribution in [2.45, 2.75) is 12.8 Å². The molecule has 1 N–H and O–H groups in total. The molecule has 0 unspecified atom stereocenters. The number of nitrogens with zero attached hydrogens (tertiary/aromatic N) is 1. The molecule has 2 amide bonds. The van der Waals surface area contributed by atoms with Crippen molar-refractivity contribution in [2.24, 2.45) is 0 Å². The van der Waals surface area contributed by atoms with Crippen LogP contribution in [-0.4, -0.2) is 36.4 Å². The number of benzene rings is 2. The second-order valence-electron chi connectivity index (χ2n) is 6.10. The van der Waals surface area contributed by atoms with Gasteiger partial charge in [0.1, 0.15) is 11.6 Å². The first kappa shape index (κ1) is 19.5. The standard InChI is InChI=1S/C19H17Cl2FN2O3/c20-12-3-5-14(19(26)24-7-1-2-8-24)17(9-12)23-18(25)11-27-13-4-6-16(22)15(21)10-13/h3-6,9-10H,1-2,7-8,11H2,(H,23,25). The van der Waals surface area contributed by atoms with E-state index >= 15 is 0 Å². The number of ether oxygens (including phenoxy) is 1. The van der Waals surface area contributed by atoms with Crippen LogP contribution >= 0.6 is 23.2 Å². The van der Waals surface area contributed by atoms with E-state index in [1.165, 1.54) is 18.2 Å². The summed E-state index contributed by atoms with van der Waals surface area (Å²) in [4.78, 5) is 26.6. The summed E-state index contributed by atoms with van der Waals surface area (Å²) in [5.41, 5.74) is 0.699. The van der Waals surface area contributed by atoms with Crippen molar-refractivity contribution in [3.8, 4) is 5.75 Å². The average molecular weight is 411 g/mol. The summed E-state index contributed by atoms with van der Waals surface area (Å²) in [6.45, 7) is 1.07. The number of hydrogen-bond donors (Lipinski definition) is 1. The van der Waals surface area contributed by atoms with E-state index in [4.69, 9.17) is 27.9 Å². The first-order valence-corrected chi connectivity index (χ1v) is 9.16. The Labute approximate surface area is 166 Å². The van der Waals surface area contributed by atoms with E-state index in [0.717, 1.165) is 18.9 Å². The van der Waals surface area contributed by atoms with Crippen molar-refractivity contribution in [1.82, 2.24) is 4.90 Å². The monoisotopic (exact) mass is 410 g/mol. The molecule has 5 nitrogen and oxygen atoms in total. The molecule has 0 aliphatic carbocycles. The van der Waals surface area contributed by atoms with E-state index in [2.05, 4.69) is 5.32 Å². The lowest BCUT2D eigenvalue weighted by molar-refractivity contribution is -0.118. The molecule has 2 aromatic rings. The number of carbonyl (C=O) groups excluding carboxylic acids is 2. The van der Waals surface area contributed by atoms with Crippen LogP contribution in [0.1, 0.15) is 23.2 Å². The van der Waals surface area contributed by atoms with E-state index in [-0.39, 0.29) is 23.3 Å². The lowest BCUT2D eigenvalue weighted by atomic mass is 10.1. The SMILES string of the molecule is O=C(COc1ccc(F)c(Cl)c1)Nc1cc(Cl)ccc1C(=O)N1CCCC1. The molecule has 8 heteroatoms. The second kappa shape index (κ2) is 8.59.